The lowest BCUT2D eigenvalue weighted by Crippen LogP contribution is -2.20. The average molecular weight is 371 g/mol. The first-order valence-electron chi connectivity index (χ1n) is 7.10. The summed E-state index contributed by atoms with van der Waals surface area (Å²) >= 11 is 0. The summed E-state index contributed by atoms with van der Waals surface area (Å²) in [6.45, 7) is -3.03. The molecule has 0 fully saturated rings. The van der Waals surface area contributed by atoms with Crippen LogP contribution in [-0.2, 0) is 6.18 Å². The van der Waals surface area contributed by atoms with Crippen molar-refractivity contribution >= 4 is 16.7 Å². The molecule has 26 heavy (non-hydrogen) atoms. The van der Waals surface area contributed by atoms with Gasteiger partial charge in [-0.3, -0.25) is 14.3 Å². The molecule has 5 nitrogen and oxygen atoms in total. The second kappa shape index (κ2) is 6.28. The van der Waals surface area contributed by atoms with Crippen LogP contribution in [0.3, 0.4) is 0 Å². The molecule has 0 aliphatic carbocycles. The van der Waals surface area contributed by atoms with Crippen LogP contribution in [-0.4, -0.2) is 16.2 Å². The summed E-state index contributed by atoms with van der Waals surface area (Å²) in [5.74, 6) is -0.161. The maximum atomic E-state index is 13.0. The number of hydrogen-bond donors (Lipinski definition) is 1. The van der Waals surface area contributed by atoms with E-state index < -0.39 is 23.9 Å². The largest absolute Gasteiger partial charge is 0.435 e. The molecule has 0 atom stereocenters. The van der Waals surface area contributed by atoms with Crippen LogP contribution in [0, 0.1) is 0 Å². The van der Waals surface area contributed by atoms with Crippen molar-refractivity contribution < 1.29 is 26.7 Å². The minimum absolute atomic E-state index is 0.00510. The molecule has 1 aromatic carbocycles. The number of fused-ring (bicyclic) bond motifs is 1. The monoisotopic (exact) mass is 371 g/mol. The van der Waals surface area contributed by atoms with Gasteiger partial charge in [-0.25, -0.2) is 0 Å². The Bertz CT molecular complexity index is 1010. The van der Waals surface area contributed by atoms with Gasteiger partial charge >= 0.3 is 12.8 Å². The Morgan fingerprint density at radius 1 is 1.12 bits per heavy atom. The van der Waals surface area contributed by atoms with Crippen molar-refractivity contribution in [1.82, 2.24) is 9.55 Å². The first kappa shape index (κ1) is 17.6. The third-order valence-electron chi connectivity index (χ3n) is 3.53. The van der Waals surface area contributed by atoms with Gasteiger partial charge in [0, 0.05) is 18.0 Å². The molecule has 0 aliphatic rings. The summed E-state index contributed by atoms with van der Waals surface area (Å²) in [6.07, 6.45) is -4.05. The Morgan fingerprint density at radius 2 is 1.77 bits per heavy atom. The molecule has 0 unspecified atom stereocenters. The number of anilines is 1. The van der Waals surface area contributed by atoms with E-state index in [-0.39, 0.29) is 28.2 Å². The maximum absolute atomic E-state index is 13.0. The van der Waals surface area contributed by atoms with Crippen LogP contribution in [0.4, 0.5) is 27.6 Å². The van der Waals surface area contributed by atoms with Crippen LogP contribution in [0.15, 0.2) is 47.4 Å². The Kier molecular flexibility index (Phi) is 4.26. The molecule has 0 spiro atoms. The lowest BCUT2D eigenvalue weighted by Gasteiger charge is -2.14. The number of hydrogen-bond acceptors (Lipinski definition) is 4. The Balaban J connectivity index is 2.22. The van der Waals surface area contributed by atoms with Crippen LogP contribution in [0.1, 0.15) is 5.56 Å². The molecule has 3 aromatic rings. The third-order valence-corrected chi connectivity index (χ3v) is 3.53. The van der Waals surface area contributed by atoms with Crippen molar-refractivity contribution in [2.24, 2.45) is 0 Å². The van der Waals surface area contributed by atoms with Crippen LogP contribution in [0.2, 0.25) is 0 Å². The molecule has 0 saturated heterocycles. The summed E-state index contributed by atoms with van der Waals surface area (Å²) in [5.41, 5.74) is 3.84. The number of pyridine rings is 2. The summed E-state index contributed by atoms with van der Waals surface area (Å²) in [7, 11) is 0. The minimum Gasteiger partial charge on any atom is -0.435 e. The van der Waals surface area contributed by atoms with Crippen LogP contribution in [0.25, 0.3) is 16.7 Å². The van der Waals surface area contributed by atoms with E-state index in [9.17, 15) is 26.7 Å². The van der Waals surface area contributed by atoms with Crippen molar-refractivity contribution in [3.8, 4) is 11.4 Å². The van der Waals surface area contributed by atoms with E-state index in [0.717, 1.165) is 28.8 Å². The van der Waals surface area contributed by atoms with Gasteiger partial charge < -0.3 is 10.5 Å². The topological polar surface area (TPSA) is 70.1 Å². The SMILES string of the molecule is Nc1cc(=O)n(-c2ccc(OC(F)F)cc2)c2cc(C(F)(F)F)cnc12. The van der Waals surface area contributed by atoms with Crippen LogP contribution in [0.5, 0.6) is 5.75 Å². The van der Waals surface area contributed by atoms with Gasteiger partial charge in [0.1, 0.15) is 11.3 Å². The van der Waals surface area contributed by atoms with Gasteiger partial charge in [-0.1, -0.05) is 0 Å². The van der Waals surface area contributed by atoms with Gasteiger partial charge in [-0.15, -0.1) is 0 Å². The van der Waals surface area contributed by atoms with E-state index in [1.807, 2.05) is 0 Å². The molecule has 2 N–H and O–H groups in total. The fourth-order valence-electron chi connectivity index (χ4n) is 2.43. The smallest absolute Gasteiger partial charge is 0.417 e. The van der Waals surface area contributed by atoms with Crippen molar-refractivity contribution in [3.05, 3.63) is 58.5 Å². The summed E-state index contributed by atoms with van der Waals surface area (Å²) in [4.78, 5) is 16.0. The number of benzene rings is 1. The van der Waals surface area contributed by atoms with Crippen molar-refractivity contribution in [2.75, 3.05) is 5.73 Å². The minimum atomic E-state index is -4.67. The number of halogens is 5. The van der Waals surface area contributed by atoms with Crippen LogP contribution >= 0.6 is 0 Å². The second-order valence-corrected chi connectivity index (χ2v) is 5.24. The van der Waals surface area contributed by atoms with Gasteiger partial charge in [0.15, 0.2) is 0 Å². The van der Waals surface area contributed by atoms with Crippen molar-refractivity contribution in [2.45, 2.75) is 12.8 Å². The van der Waals surface area contributed by atoms with Gasteiger partial charge in [0.05, 0.1) is 16.8 Å². The number of nitrogens with zero attached hydrogens (tertiary/aromatic N) is 2. The molecular weight excluding hydrogens is 361 g/mol. The Labute approximate surface area is 142 Å². The molecule has 3 rings (SSSR count). The lowest BCUT2D eigenvalue weighted by atomic mass is 10.2. The zero-order chi connectivity index (χ0) is 19.1. The van der Waals surface area contributed by atoms with Gasteiger partial charge in [-0.05, 0) is 30.3 Å². The zero-order valence-corrected chi connectivity index (χ0v) is 12.8. The summed E-state index contributed by atoms with van der Waals surface area (Å²) in [6, 6.07) is 6.62. The summed E-state index contributed by atoms with van der Waals surface area (Å²) in [5, 5.41) is 0. The van der Waals surface area contributed by atoms with E-state index in [4.69, 9.17) is 5.73 Å². The highest BCUT2D eigenvalue weighted by Crippen LogP contribution is 2.31. The number of nitrogens with two attached hydrogens (primary N) is 1. The fourth-order valence-corrected chi connectivity index (χ4v) is 2.43. The van der Waals surface area contributed by atoms with Crippen molar-refractivity contribution in [1.29, 1.82) is 0 Å². The van der Waals surface area contributed by atoms with E-state index in [0.29, 0.717) is 6.20 Å². The number of aromatic nitrogens is 2. The molecule has 0 saturated carbocycles. The van der Waals surface area contributed by atoms with Gasteiger partial charge in [0.25, 0.3) is 5.56 Å². The molecule has 0 aliphatic heterocycles. The molecule has 2 heterocycles. The lowest BCUT2D eigenvalue weighted by molar-refractivity contribution is -0.137. The Morgan fingerprint density at radius 3 is 2.35 bits per heavy atom. The Hall–Kier alpha value is -3.17. The fraction of sp³-hybridized carbons (Fsp3) is 0.125. The predicted octanol–water partition coefficient (Wildman–Crippen LogP) is 3.59. The summed E-state index contributed by atoms with van der Waals surface area (Å²) < 4.78 is 68.5. The number of ether oxygens (including phenoxy) is 1. The molecule has 0 amide bonds. The van der Waals surface area contributed by atoms with E-state index >= 15 is 0 Å². The number of nitrogen functional groups attached to an aromatic ring is 1. The second-order valence-electron chi connectivity index (χ2n) is 5.24. The van der Waals surface area contributed by atoms with Gasteiger partial charge in [-0.2, -0.15) is 22.0 Å². The standard InChI is InChI=1S/C16H10F5N3O2/c17-15(18)26-10-3-1-9(2-4-10)24-12-5-8(16(19,20)21)7-23-14(12)11(22)6-13(24)25/h1-7,15H,22H2. The molecule has 10 heteroatoms. The molecular formula is C16H10F5N3O2. The quantitative estimate of drug-likeness (QED) is 0.715. The highest BCUT2D eigenvalue weighted by molar-refractivity contribution is 5.87. The predicted molar refractivity (Wildman–Crippen MR) is 83.4 cm³/mol. The highest BCUT2D eigenvalue weighted by Gasteiger charge is 2.31. The third kappa shape index (κ3) is 3.30. The zero-order valence-electron chi connectivity index (χ0n) is 12.8. The molecule has 136 valence electrons. The molecule has 0 radical (unpaired) electrons. The van der Waals surface area contributed by atoms with Crippen LogP contribution < -0.4 is 16.0 Å². The maximum Gasteiger partial charge on any atom is 0.417 e. The highest BCUT2D eigenvalue weighted by atomic mass is 19.4. The number of alkyl halides is 5. The van der Waals surface area contributed by atoms with E-state index in [1.54, 1.807) is 0 Å². The normalized spacial score (nSPS) is 11.9. The first-order valence-corrected chi connectivity index (χ1v) is 7.10. The first-order chi connectivity index (χ1) is 12.2. The van der Waals surface area contributed by atoms with Gasteiger partial charge in [0.2, 0.25) is 0 Å². The average Bonchev–Trinajstić information content (AvgIpc) is 2.54. The van der Waals surface area contributed by atoms with E-state index in [1.165, 1.54) is 12.1 Å². The molecule has 2 aromatic heterocycles. The van der Waals surface area contributed by atoms with E-state index in [2.05, 4.69) is 9.72 Å². The molecule has 0 bridgehead atoms. The number of rotatable bonds is 3. The van der Waals surface area contributed by atoms with Crippen molar-refractivity contribution in [3.63, 3.8) is 0 Å².